The van der Waals surface area contributed by atoms with Crippen molar-refractivity contribution in [1.29, 1.82) is 0 Å². The van der Waals surface area contributed by atoms with Gasteiger partial charge in [0.25, 0.3) is 0 Å². The van der Waals surface area contributed by atoms with Crippen LogP contribution in [-0.2, 0) is 17.4 Å². The number of aryl methyl sites for hydroxylation is 3. The minimum atomic E-state index is -0.955. The van der Waals surface area contributed by atoms with Crippen LogP contribution in [0.25, 0.3) is 33.2 Å². The highest BCUT2D eigenvalue weighted by atomic mass is 16.5. The zero-order valence-corrected chi connectivity index (χ0v) is 22.8. The molecule has 0 spiro atoms. The zero-order chi connectivity index (χ0) is 26.6. The van der Waals surface area contributed by atoms with Gasteiger partial charge in [-0.05, 0) is 69.7 Å². The summed E-state index contributed by atoms with van der Waals surface area (Å²) in [4.78, 5) is 5.02. The quantitative estimate of drug-likeness (QED) is 0.322. The third kappa shape index (κ3) is 4.20. The van der Waals surface area contributed by atoms with Gasteiger partial charge in [0, 0.05) is 37.4 Å². The second-order valence-corrected chi connectivity index (χ2v) is 11.2. The molecule has 0 unspecified atom stereocenters. The average molecular weight is 510 g/mol. The van der Waals surface area contributed by atoms with Gasteiger partial charge in [0.1, 0.15) is 0 Å². The molecule has 0 saturated carbocycles. The molecular formula is C31H35N5O2. The van der Waals surface area contributed by atoms with Crippen molar-refractivity contribution in [3.05, 3.63) is 77.1 Å². The molecule has 6 rings (SSSR count). The van der Waals surface area contributed by atoms with E-state index in [1.165, 1.54) is 11.1 Å². The highest BCUT2D eigenvalue weighted by Crippen LogP contribution is 2.42. The van der Waals surface area contributed by atoms with Crippen LogP contribution in [0.15, 0.2) is 54.7 Å². The van der Waals surface area contributed by atoms with E-state index in [2.05, 4.69) is 64.3 Å². The van der Waals surface area contributed by atoms with E-state index in [4.69, 9.17) is 9.72 Å². The molecule has 1 aliphatic heterocycles. The molecule has 5 aromatic rings. The molecular weight excluding hydrogens is 474 g/mol. The predicted molar refractivity (Wildman–Crippen MR) is 150 cm³/mol. The fourth-order valence-corrected chi connectivity index (χ4v) is 6.09. The van der Waals surface area contributed by atoms with Gasteiger partial charge in [-0.3, -0.25) is 4.98 Å². The Hall–Kier alpha value is -3.55. The molecule has 1 fully saturated rings. The fourth-order valence-electron chi connectivity index (χ4n) is 6.09. The number of hydrogen-bond acceptors (Lipinski definition) is 5. The highest BCUT2D eigenvalue weighted by molar-refractivity contribution is 6.07. The lowest BCUT2D eigenvalue weighted by molar-refractivity contribution is 0.0552. The molecule has 0 radical (unpaired) electrons. The third-order valence-electron chi connectivity index (χ3n) is 7.99. The number of aliphatic hydroxyl groups is 1. The Kier molecular flexibility index (Phi) is 6.08. The number of hydrogen-bond donors (Lipinski definition) is 1. The van der Waals surface area contributed by atoms with Crippen LogP contribution in [0.2, 0.25) is 0 Å². The van der Waals surface area contributed by atoms with E-state index in [0.717, 1.165) is 70.5 Å². The Morgan fingerprint density at radius 2 is 1.82 bits per heavy atom. The number of pyridine rings is 1. The Balaban J connectivity index is 1.70. The molecule has 2 aromatic carbocycles. The van der Waals surface area contributed by atoms with Gasteiger partial charge in [-0.25, -0.2) is 4.68 Å². The molecule has 1 atom stereocenters. The number of aromatic nitrogens is 5. The summed E-state index contributed by atoms with van der Waals surface area (Å²) in [7, 11) is 1.92. The van der Waals surface area contributed by atoms with Crippen molar-refractivity contribution in [2.45, 2.75) is 52.2 Å². The van der Waals surface area contributed by atoms with Crippen molar-refractivity contribution in [3.8, 4) is 11.3 Å². The van der Waals surface area contributed by atoms with Gasteiger partial charge in [-0.15, -0.1) is 5.10 Å². The molecule has 3 aromatic heterocycles. The van der Waals surface area contributed by atoms with Crippen LogP contribution in [0, 0.1) is 19.8 Å². The summed E-state index contributed by atoms with van der Waals surface area (Å²) >= 11 is 0. The van der Waals surface area contributed by atoms with Crippen LogP contribution in [0.4, 0.5) is 0 Å². The summed E-state index contributed by atoms with van der Waals surface area (Å²) in [5.41, 5.74) is 8.41. The van der Waals surface area contributed by atoms with Crippen molar-refractivity contribution in [1.82, 2.24) is 24.5 Å². The average Bonchev–Trinajstić information content (AvgIpc) is 3.40. The molecule has 0 aliphatic carbocycles. The van der Waals surface area contributed by atoms with E-state index < -0.39 is 5.60 Å². The molecule has 7 nitrogen and oxygen atoms in total. The number of ether oxygens (including phenoxy) is 1. The largest absolute Gasteiger partial charge is 0.386 e. The van der Waals surface area contributed by atoms with Gasteiger partial charge in [0.2, 0.25) is 0 Å². The smallest absolute Gasteiger partial charge is 0.0960 e. The van der Waals surface area contributed by atoms with Crippen molar-refractivity contribution >= 4 is 21.9 Å². The van der Waals surface area contributed by atoms with Gasteiger partial charge < -0.3 is 14.4 Å². The summed E-state index contributed by atoms with van der Waals surface area (Å²) in [6.07, 6.45) is 3.91. The Morgan fingerprint density at radius 1 is 1.03 bits per heavy atom. The predicted octanol–water partition coefficient (Wildman–Crippen LogP) is 5.85. The maximum atomic E-state index is 10.9. The monoisotopic (exact) mass is 509 g/mol. The summed E-state index contributed by atoms with van der Waals surface area (Å²) in [6, 6.07) is 17.5. The molecule has 196 valence electrons. The first kappa shape index (κ1) is 24.8. The van der Waals surface area contributed by atoms with Gasteiger partial charge in [-0.1, -0.05) is 47.2 Å². The molecule has 38 heavy (non-hydrogen) atoms. The zero-order valence-electron chi connectivity index (χ0n) is 22.8. The normalized spacial score (nSPS) is 15.9. The summed E-state index contributed by atoms with van der Waals surface area (Å²) < 4.78 is 10.1. The summed E-state index contributed by atoms with van der Waals surface area (Å²) in [6.45, 7) is 9.35. The molecule has 1 N–H and O–H groups in total. The number of nitrogens with zero attached hydrogens (tertiary/aromatic N) is 5. The van der Waals surface area contributed by atoms with Gasteiger partial charge >= 0.3 is 0 Å². The second-order valence-electron chi connectivity index (χ2n) is 11.2. The van der Waals surface area contributed by atoms with Crippen LogP contribution in [-0.4, -0.2) is 42.9 Å². The first-order valence-electron chi connectivity index (χ1n) is 13.4. The second kappa shape index (κ2) is 9.33. The van der Waals surface area contributed by atoms with Crippen LogP contribution >= 0.6 is 0 Å². The highest BCUT2D eigenvalue weighted by Gasteiger charge is 2.31. The number of rotatable bonds is 5. The van der Waals surface area contributed by atoms with Gasteiger partial charge in [-0.2, -0.15) is 0 Å². The molecule has 0 bridgehead atoms. The summed E-state index contributed by atoms with van der Waals surface area (Å²) in [5.74, 6) is 0.402. The van der Waals surface area contributed by atoms with E-state index in [9.17, 15) is 5.11 Å². The topological polar surface area (TPSA) is 78.0 Å². The molecule has 1 saturated heterocycles. The van der Waals surface area contributed by atoms with Crippen molar-refractivity contribution in [2.24, 2.45) is 13.0 Å². The first-order chi connectivity index (χ1) is 18.2. The van der Waals surface area contributed by atoms with Crippen LogP contribution < -0.4 is 0 Å². The van der Waals surface area contributed by atoms with Crippen molar-refractivity contribution in [2.75, 3.05) is 13.2 Å². The van der Waals surface area contributed by atoms with Gasteiger partial charge in [0.15, 0.2) is 0 Å². The van der Waals surface area contributed by atoms with Crippen molar-refractivity contribution in [3.63, 3.8) is 0 Å². The maximum Gasteiger partial charge on any atom is 0.0960 e. The van der Waals surface area contributed by atoms with Crippen LogP contribution in [0.5, 0.6) is 0 Å². The lowest BCUT2D eigenvalue weighted by atomic mass is 9.86. The van der Waals surface area contributed by atoms with E-state index in [1.807, 2.05) is 44.8 Å². The van der Waals surface area contributed by atoms with E-state index >= 15 is 0 Å². The van der Waals surface area contributed by atoms with Gasteiger partial charge in [0.05, 0.1) is 39.6 Å². The molecule has 0 amide bonds. The number of fused-ring (bicyclic) bond motifs is 3. The molecule has 4 heterocycles. The first-order valence-corrected chi connectivity index (χ1v) is 13.4. The van der Waals surface area contributed by atoms with E-state index in [-0.39, 0.29) is 6.04 Å². The Labute approximate surface area is 223 Å². The van der Waals surface area contributed by atoms with E-state index in [1.54, 1.807) is 0 Å². The number of benzene rings is 2. The molecule has 1 aliphatic rings. The minimum absolute atomic E-state index is 0.0960. The Bertz CT molecular complexity index is 1620. The maximum absolute atomic E-state index is 10.9. The SMILES string of the molecule is Cc1cccc([C@H](C2CCOCC2)n2c3cc(C(C)(C)O)ccc3c3ncc(-c4c(C)nnn4C)cc32)c1. The third-order valence-corrected chi connectivity index (χ3v) is 7.99. The van der Waals surface area contributed by atoms with E-state index in [0.29, 0.717) is 5.92 Å². The fraction of sp³-hybridized carbons (Fsp3) is 0.387. The lowest BCUT2D eigenvalue weighted by Crippen LogP contribution is -2.27. The lowest BCUT2D eigenvalue weighted by Gasteiger charge is -2.33. The Morgan fingerprint density at radius 3 is 2.50 bits per heavy atom. The van der Waals surface area contributed by atoms with Crippen LogP contribution in [0.1, 0.15) is 55.1 Å². The standard InChI is InChI=1S/C31H35N5O2/c1-19-7-6-8-22(15-19)30(21-11-13-38-14-12-21)36-26-17-24(31(3,4)37)9-10-25(26)28-27(36)16-23(18-32-28)29-20(2)33-34-35(29)5/h6-10,15-18,21,30,37H,11-14H2,1-5H3/t30-/m0/s1. The minimum Gasteiger partial charge on any atom is -0.386 e. The summed E-state index contributed by atoms with van der Waals surface area (Å²) in [5, 5.41) is 20.5. The van der Waals surface area contributed by atoms with Crippen LogP contribution in [0.3, 0.4) is 0 Å². The van der Waals surface area contributed by atoms with Crippen molar-refractivity contribution < 1.29 is 9.84 Å². The molecule has 7 heteroatoms.